The molecular weight excluding hydrogens is 378 g/mol. The van der Waals surface area contributed by atoms with E-state index in [4.69, 9.17) is 4.98 Å². The Morgan fingerprint density at radius 1 is 1.17 bits per heavy atom. The molecule has 7 nitrogen and oxygen atoms in total. The number of carbonyl (C=O) groups is 2. The highest BCUT2D eigenvalue weighted by molar-refractivity contribution is 5.88. The number of benzene rings is 2. The summed E-state index contributed by atoms with van der Waals surface area (Å²) >= 11 is 0. The normalized spacial score (nSPS) is 16.1. The van der Waals surface area contributed by atoms with Crippen molar-refractivity contribution >= 4 is 33.8 Å². The maximum atomic E-state index is 13.1. The Balaban J connectivity index is 1.68. The summed E-state index contributed by atoms with van der Waals surface area (Å²) in [5, 5.41) is 3.82. The summed E-state index contributed by atoms with van der Waals surface area (Å²) in [7, 11) is 1.98. The molecule has 4 aromatic rings. The van der Waals surface area contributed by atoms with E-state index in [1.807, 2.05) is 48.3 Å². The third kappa shape index (κ3) is 2.85. The number of nitrogens with zero attached hydrogens (tertiary/aromatic N) is 3. The van der Waals surface area contributed by atoms with E-state index in [9.17, 15) is 9.59 Å². The zero-order chi connectivity index (χ0) is 20.8. The molecule has 1 atom stereocenters. The number of fused-ring (bicyclic) bond motifs is 4. The van der Waals surface area contributed by atoms with Crippen LogP contribution in [0.4, 0.5) is 0 Å². The number of carbonyl (C=O) groups excluding carboxylic acids is 2. The van der Waals surface area contributed by atoms with Crippen molar-refractivity contribution in [2.45, 2.75) is 19.4 Å². The van der Waals surface area contributed by atoms with Crippen LogP contribution in [-0.2, 0) is 23.1 Å². The number of imidazole rings is 1. The summed E-state index contributed by atoms with van der Waals surface area (Å²) in [6.45, 7) is 1.97. The van der Waals surface area contributed by atoms with E-state index in [1.165, 1.54) is 17.9 Å². The molecule has 0 fully saturated rings. The summed E-state index contributed by atoms with van der Waals surface area (Å²) in [5.74, 6) is 0.470. The van der Waals surface area contributed by atoms with Gasteiger partial charge in [0.05, 0.1) is 23.3 Å². The molecule has 2 amide bonds. The average molecular weight is 401 g/mol. The number of nitrogens with one attached hydrogen (secondary N) is 2. The lowest BCUT2D eigenvalue weighted by Gasteiger charge is -2.35. The predicted molar refractivity (Wildman–Crippen MR) is 115 cm³/mol. The van der Waals surface area contributed by atoms with Crippen LogP contribution in [0.3, 0.4) is 0 Å². The van der Waals surface area contributed by atoms with Crippen LogP contribution in [0.25, 0.3) is 21.9 Å². The second kappa shape index (κ2) is 7.02. The molecule has 2 aromatic carbocycles. The summed E-state index contributed by atoms with van der Waals surface area (Å²) < 4.78 is 2.05. The number of aryl methyl sites for hydroxylation is 1. The van der Waals surface area contributed by atoms with Gasteiger partial charge in [0.1, 0.15) is 11.9 Å². The summed E-state index contributed by atoms with van der Waals surface area (Å²) in [4.78, 5) is 34.7. The van der Waals surface area contributed by atoms with Crippen molar-refractivity contribution in [3.8, 4) is 0 Å². The number of aromatic nitrogens is 3. The first-order chi connectivity index (χ1) is 14.5. The van der Waals surface area contributed by atoms with Gasteiger partial charge in [-0.25, -0.2) is 4.98 Å². The Bertz CT molecular complexity index is 1290. The van der Waals surface area contributed by atoms with E-state index in [0.717, 1.165) is 34.5 Å². The largest absolute Gasteiger partial charge is 0.356 e. The van der Waals surface area contributed by atoms with Gasteiger partial charge in [-0.3, -0.25) is 9.59 Å². The molecule has 0 saturated carbocycles. The van der Waals surface area contributed by atoms with Crippen molar-refractivity contribution in [2.24, 2.45) is 7.05 Å². The molecule has 7 heteroatoms. The van der Waals surface area contributed by atoms with Gasteiger partial charge >= 0.3 is 0 Å². The lowest BCUT2D eigenvalue weighted by atomic mass is 9.96. The van der Waals surface area contributed by atoms with Crippen LogP contribution in [0.1, 0.15) is 30.0 Å². The van der Waals surface area contributed by atoms with Crippen LogP contribution in [0.2, 0.25) is 0 Å². The zero-order valence-electron chi connectivity index (χ0n) is 17.0. The first-order valence-electron chi connectivity index (χ1n) is 10.1. The van der Waals surface area contributed by atoms with Crippen LogP contribution in [0.5, 0.6) is 0 Å². The average Bonchev–Trinajstić information content (AvgIpc) is 3.29. The van der Waals surface area contributed by atoms with Gasteiger partial charge in [0, 0.05) is 31.4 Å². The molecule has 30 heavy (non-hydrogen) atoms. The lowest BCUT2D eigenvalue weighted by Crippen LogP contribution is -2.46. The van der Waals surface area contributed by atoms with Gasteiger partial charge < -0.3 is 19.8 Å². The fourth-order valence-electron chi connectivity index (χ4n) is 4.49. The SMILES string of the molecule is CC(=O)NCC(=O)N1CCc2c([nH]c3ccccc23)[C@H]1c1nc2ccccc2n1C. The van der Waals surface area contributed by atoms with E-state index < -0.39 is 0 Å². The fourth-order valence-corrected chi connectivity index (χ4v) is 4.49. The minimum atomic E-state index is -0.347. The second-order valence-corrected chi connectivity index (χ2v) is 7.73. The molecule has 0 bridgehead atoms. The van der Waals surface area contributed by atoms with Crippen LogP contribution >= 0.6 is 0 Å². The smallest absolute Gasteiger partial charge is 0.242 e. The first kappa shape index (κ1) is 18.4. The highest BCUT2D eigenvalue weighted by atomic mass is 16.2. The molecule has 0 saturated heterocycles. The minimum absolute atomic E-state index is 0.0225. The van der Waals surface area contributed by atoms with Gasteiger partial charge in [-0.2, -0.15) is 0 Å². The lowest BCUT2D eigenvalue weighted by molar-refractivity contribution is -0.134. The summed E-state index contributed by atoms with van der Waals surface area (Å²) in [5.41, 5.74) is 5.20. The standard InChI is InChI=1S/C23H23N5O2/c1-14(29)24-13-20(30)28-12-11-16-15-7-3-4-8-17(15)25-21(16)22(28)23-26-18-9-5-6-10-19(18)27(23)2/h3-10,22,25H,11-13H2,1-2H3,(H,24,29)/t22-/m0/s1. The number of para-hydroxylation sites is 3. The molecule has 152 valence electrons. The topological polar surface area (TPSA) is 83.0 Å². The third-order valence-electron chi connectivity index (χ3n) is 5.91. The van der Waals surface area contributed by atoms with Gasteiger partial charge in [-0.05, 0) is 30.2 Å². The van der Waals surface area contributed by atoms with Crippen molar-refractivity contribution in [1.82, 2.24) is 24.8 Å². The number of rotatable bonds is 3. The van der Waals surface area contributed by atoms with Crippen LogP contribution < -0.4 is 5.32 Å². The number of hydrogen-bond donors (Lipinski definition) is 2. The highest BCUT2D eigenvalue weighted by Crippen LogP contribution is 2.38. The molecule has 1 aliphatic rings. The predicted octanol–water partition coefficient (Wildman–Crippen LogP) is 2.66. The molecule has 0 spiro atoms. The first-order valence-corrected chi connectivity index (χ1v) is 10.1. The second-order valence-electron chi connectivity index (χ2n) is 7.73. The number of H-pyrrole nitrogens is 1. The molecule has 0 unspecified atom stereocenters. The Morgan fingerprint density at radius 2 is 1.93 bits per heavy atom. The molecule has 5 rings (SSSR count). The molecule has 0 radical (unpaired) electrons. The number of hydrogen-bond acceptors (Lipinski definition) is 3. The maximum Gasteiger partial charge on any atom is 0.242 e. The fraction of sp³-hybridized carbons (Fsp3) is 0.261. The van der Waals surface area contributed by atoms with Gasteiger partial charge in [0.25, 0.3) is 0 Å². The van der Waals surface area contributed by atoms with Gasteiger partial charge in [-0.15, -0.1) is 0 Å². The van der Waals surface area contributed by atoms with E-state index in [0.29, 0.717) is 6.54 Å². The third-order valence-corrected chi connectivity index (χ3v) is 5.91. The van der Waals surface area contributed by atoms with E-state index in [2.05, 4.69) is 27.0 Å². The zero-order valence-corrected chi connectivity index (χ0v) is 17.0. The van der Waals surface area contributed by atoms with E-state index in [-0.39, 0.29) is 24.4 Å². The molecular formula is C23H23N5O2. The molecule has 1 aliphatic heterocycles. The molecule has 2 N–H and O–H groups in total. The maximum absolute atomic E-state index is 13.1. The van der Waals surface area contributed by atoms with Crippen molar-refractivity contribution in [2.75, 3.05) is 13.1 Å². The monoisotopic (exact) mass is 401 g/mol. The van der Waals surface area contributed by atoms with Gasteiger partial charge in [-0.1, -0.05) is 30.3 Å². The Labute approximate surface area is 173 Å². The van der Waals surface area contributed by atoms with Crippen molar-refractivity contribution < 1.29 is 9.59 Å². The van der Waals surface area contributed by atoms with Crippen LogP contribution in [0.15, 0.2) is 48.5 Å². The van der Waals surface area contributed by atoms with E-state index >= 15 is 0 Å². The molecule has 2 aromatic heterocycles. The Morgan fingerprint density at radius 3 is 2.73 bits per heavy atom. The van der Waals surface area contributed by atoms with Crippen molar-refractivity contribution in [3.63, 3.8) is 0 Å². The van der Waals surface area contributed by atoms with Gasteiger partial charge in [0.15, 0.2) is 0 Å². The van der Waals surface area contributed by atoms with Crippen LogP contribution in [0, 0.1) is 0 Å². The quantitative estimate of drug-likeness (QED) is 0.554. The minimum Gasteiger partial charge on any atom is -0.356 e. The Kier molecular flexibility index (Phi) is 4.31. The summed E-state index contributed by atoms with van der Waals surface area (Å²) in [6.07, 6.45) is 0.756. The summed E-state index contributed by atoms with van der Waals surface area (Å²) in [6, 6.07) is 15.8. The highest BCUT2D eigenvalue weighted by Gasteiger charge is 2.37. The van der Waals surface area contributed by atoms with E-state index in [1.54, 1.807) is 0 Å². The molecule has 3 heterocycles. The Hall–Kier alpha value is -3.61. The number of amides is 2. The van der Waals surface area contributed by atoms with Crippen LogP contribution in [-0.4, -0.2) is 44.3 Å². The van der Waals surface area contributed by atoms with Gasteiger partial charge in [0.2, 0.25) is 11.8 Å². The van der Waals surface area contributed by atoms with Crippen molar-refractivity contribution in [3.05, 3.63) is 65.6 Å². The molecule has 0 aliphatic carbocycles. The number of aromatic amines is 1. The van der Waals surface area contributed by atoms with Crippen molar-refractivity contribution in [1.29, 1.82) is 0 Å².